The summed E-state index contributed by atoms with van der Waals surface area (Å²) < 4.78 is 10.7. The molecule has 1 N–H and O–H groups in total. The number of carbonyl (C=O) groups is 2. The van der Waals surface area contributed by atoms with E-state index in [2.05, 4.69) is 5.32 Å². The number of carbonyl (C=O) groups excluding carboxylic acids is 2. The van der Waals surface area contributed by atoms with E-state index in [1.54, 1.807) is 18.9 Å². The van der Waals surface area contributed by atoms with Gasteiger partial charge in [-0.3, -0.25) is 9.59 Å². The lowest BCUT2D eigenvalue weighted by Crippen LogP contribution is -2.50. The van der Waals surface area contributed by atoms with Gasteiger partial charge < -0.3 is 24.6 Å². The summed E-state index contributed by atoms with van der Waals surface area (Å²) in [5.41, 5.74) is 0. The highest BCUT2D eigenvalue weighted by molar-refractivity contribution is 5.77. The Kier molecular flexibility index (Phi) is 7.53. The lowest BCUT2D eigenvalue weighted by molar-refractivity contribution is -0.138. The van der Waals surface area contributed by atoms with Gasteiger partial charge in [-0.05, 0) is 24.3 Å². The average molecular weight is 349 g/mol. The highest BCUT2D eigenvalue weighted by Crippen LogP contribution is 2.16. The second-order valence-corrected chi connectivity index (χ2v) is 5.91. The summed E-state index contributed by atoms with van der Waals surface area (Å²) in [7, 11) is 1.63. The summed E-state index contributed by atoms with van der Waals surface area (Å²) in [5.74, 6) is 1.80. The molecule has 2 amide bonds. The second-order valence-electron chi connectivity index (χ2n) is 5.91. The first-order valence-corrected chi connectivity index (χ1v) is 8.61. The van der Waals surface area contributed by atoms with Crippen molar-refractivity contribution in [3.8, 4) is 11.5 Å². The molecule has 1 saturated heterocycles. The topological polar surface area (TPSA) is 71.1 Å². The molecule has 1 aromatic rings. The Bertz CT molecular complexity index is 554. The van der Waals surface area contributed by atoms with Gasteiger partial charge in [-0.25, -0.2) is 0 Å². The van der Waals surface area contributed by atoms with E-state index in [9.17, 15) is 9.59 Å². The normalized spacial score (nSPS) is 14.3. The van der Waals surface area contributed by atoms with Crippen molar-refractivity contribution >= 4 is 11.8 Å². The van der Waals surface area contributed by atoms with Crippen molar-refractivity contribution in [3.05, 3.63) is 24.3 Å². The standard InChI is InChI=1S/C18H27N3O4/c1-15(22)20-10-12-21(13-11-20)18(23)7-8-19-9-14-25-17-5-3-16(24-2)4-6-17/h3-6,19H,7-14H2,1-2H3. The Morgan fingerprint density at radius 1 is 1.00 bits per heavy atom. The molecule has 7 nitrogen and oxygen atoms in total. The monoisotopic (exact) mass is 349 g/mol. The fourth-order valence-corrected chi connectivity index (χ4v) is 2.66. The molecule has 0 aromatic heterocycles. The minimum absolute atomic E-state index is 0.0747. The first-order chi connectivity index (χ1) is 12.1. The summed E-state index contributed by atoms with van der Waals surface area (Å²) in [6.07, 6.45) is 0.461. The van der Waals surface area contributed by atoms with Crippen LogP contribution in [-0.2, 0) is 9.59 Å². The molecule has 7 heteroatoms. The number of benzene rings is 1. The Morgan fingerprint density at radius 2 is 1.60 bits per heavy atom. The number of hydrogen-bond donors (Lipinski definition) is 1. The Morgan fingerprint density at radius 3 is 2.20 bits per heavy atom. The molecule has 0 bridgehead atoms. The van der Waals surface area contributed by atoms with Crippen LogP contribution < -0.4 is 14.8 Å². The Balaban J connectivity index is 1.54. The van der Waals surface area contributed by atoms with Gasteiger partial charge in [0.1, 0.15) is 18.1 Å². The fraction of sp³-hybridized carbons (Fsp3) is 0.556. The van der Waals surface area contributed by atoms with E-state index < -0.39 is 0 Å². The number of nitrogens with zero attached hydrogens (tertiary/aromatic N) is 2. The number of rotatable bonds is 8. The van der Waals surface area contributed by atoms with E-state index in [1.807, 2.05) is 29.2 Å². The van der Waals surface area contributed by atoms with Gasteiger partial charge in [-0.2, -0.15) is 0 Å². The SMILES string of the molecule is COc1ccc(OCCNCCC(=O)N2CCN(C(C)=O)CC2)cc1. The van der Waals surface area contributed by atoms with E-state index in [0.717, 1.165) is 11.5 Å². The smallest absolute Gasteiger partial charge is 0.223 e. The van der Waals surface area contributed by atoms with Crippen LogP contribution in [-0.4, -0.2) is 74.6 Å². The van der Waals surface area contributed by atoms with Gasteiger partial charge in [0.25, 0.3) is 0 Å². The molecule has 1 aliphatic rings. The van der Waals surface area contributed by atoms with Crippen LogP contribution in [0, 0.1) is 0 Å². The highest BCUT2D eigenvalue weighted by atomic mass is 16.5. The third kappa shape index (κ3) is 6.26. The molecule has 1 aromatic carbocycles. The number of piperazine rings is 1. The predicted molar refractivity (Wildman–Crippen MR) is 94.8 cm³/mol. The largest absolute Gasteiger partial charge is 0.497 e. The molecule has 0 aliphatic carbocycles. The minimum Gasteiger partial charge on any atom is -0.497 e. The fourth-order valence-electron chi connectivity index (χ4n) is 2.66. The van der Waals surface area contributed by atoms with E-state index in [0.29, 0.717) is 52.3 Å². The summed E-state index contributed by atoms with van der Waals surface area (Å²) in [5, 5.41) is 3.21. The maximum Gasteiger partial charge on any atom is 0.223 e. The van der Waals surface area contributed by atoms with Crippen molar-refractivity contribution in [3.63, 3.8) is 0 Å². The minimum atomic E-state index is 0.0747. The first-order valence-electron chi connectivity index (χ1n) is 8.61. The Hall–Kier alpha value is -2.28. The highest BCUT2D eigenvalue weighted by Gasteiger charge is 2.21. The van der Waals surface area contributed by atoms with Crippen molar-refractivity contribution in [2.24, 2.45) is 0 Å². The van der Waals surface area contributed by atoms with Crippen molar-refractivity contribution < 1.29 is 19.1 Å². The molecule has 0 saturated carbocycles. The van der Waals surface area contributed by atoms with Crippen molar-refractivity contribution in [2.75, 3.05) is 53.0 Å². The summed E-state index contributed by atoms with van der Waals surface area (Å²) >= 11 is 0. The molecule has 1 heterocycles. The number of nitrogens with one attached hydrogen (secondary N) is 1. The lowest BCUT2D eigenvalue weighted by Gasteiger charge is -2.34. The van der Waals surface area contributed by atoms with Crippen LogP contribution in [0.4, 0.5) is 0 Å². The molecular formula is C18H27N3O4. The van der Waals surface area contributed by atoms with Gasteiger partial charge >= 0.3 is 0 Å². The Labute approximate surface area is 148 Å². The third-order valence-electron chi connectivity index (χ3n) is 4.20. The van der Waals surface area contributed by atoms with Crippen LogP contribution in [0.2, 0.25) is 0 Å². The van der Waals surface area contributed by atoms with E-state index in [1.165, 1.54) is 0 Å². The van der Waals surface area contributed by atoms with Gasteiger partial charge in [0.05, 0.1) is 7.11 Å². The molecule has 0 radical (unpaired) electrons. The summed E-state index contributed by atoms with van der Waals surface area (Å²) in [6, 6.07) is 7.44. The van der Waals surface area contributed by atoms with E-state index >= 15 is 0 Å². The van der Waals surface area contributed by atoms with Crippen molar-refractivity contribution in [1.82, 2.24) is 15.1 Å². The molecule has 0 spiro atoms. The van der Waals surface area contributed by atoms with Crippen LogP contribution in [0.3, 0.4) is 0 Å². The summed E-state index contributed by atoms with van der Waals surface area (Å²) in [6.45, 7) is 5.91. The maximum atomic E-state index is 12.1. The molecule has 2 rings (SSSR count). The van der Waals surface area contributed by atoms with Gasteiger partial charge in [0.2, 0.25) is 11.8 Å². The quantitative estimate of drug-likeness (QED) is 0.701. The second kappa shape index (κ2) is 9.88. The molecule has 0 unspecified atom stereocenters. The van der Waals surface area contributed by atoms with Crippen molar-refractivity contribution in [2.45, 2.75) is 13.3 Å². The van der Waals surface area contributed by atoms with Crippen LogP contribution in [0.25, 0.3) is 0 Å². The van der Waals surface area contributed by atoms with Crippen LogP contribution in [0.15, 0.2) is 24.3 Å². The van der Waals surface area contributed by atoms with Gasteiger partial charge in [0, 0.05) is 52.6 Å². The van der Waals surface area contributed by atoms with Gasteiger partial charge in [-0.1, -0.05) is 0 Å². The molecule has 25 heavy (non-hydrogen) atoms. The number of methoxy groups -OCH3 is 1. The predicted octanol–water partition coefficient (Wildman–Crippen LogP) is 0.744. The van der Waals surface area contributed by atoms with Crippen LogP contribution in [0.5, 0.6) is 11.5 Å². The van der Waals surface area contributed by atoms with Crippen molar-refractivity contribution in [1.29, 1.82) is 0 Å². The molecule has 1 fully saturated rings. The third-order valence-corrected chi connectivity index (χ3v) is 4.20. The number of hydrogen-bond acceptors (Lipinski definition) is 5. The summed E-state index contributed by atoms with van der Waals surface area (Å²) in [4.78, 5) is 27.0. The van der Waals surface area contributed by atoms with E-state index in [4.69, 9.17) is 9.47 Å². The number of ether oxygens (including phenoxy) is 2. The van der Waals surface area contributed by atoms with Gasteiger partial charge in [-0.15, -0.1) is 0 Å². The van der Waals surface area contributed by atoms with Crippen LogP contribution in [0.1, 0.15) is 13.3 Å². The average Bonchev–Trinajstić information content (AvgIpc) is 2.65. The van der Waals surface area contributed by atoms with Crippen LogP contribution >= 0.6 is 0 Å². The first kappa shape index (κ1) is 19.1. The molecule has 0 atom stereocenters. The molecule has 138 valence electrons. The zero-order chi connectivity index (χ0) is 18.1. The maximum absolute atomic E-state index is 12.1. The zero-order valence-electron chi connectivity index (χ0n) is 15.0. The van der Waals surface area contributed by atoms with Gasteiger partial charge in [0.15, 0.2) is 0 Å². The zero-order valence-corrected chi connectivity index (χ0v) is 15.0. The number of amides is 2. The van der Waals surface area contributed by atoms with E-state index in [-0.39, 0.29) is 11.8 Å². The molecular weight excluding hydrogens is 322 g/mol. The lowest BCUT2D eigenvalue weighted by atomic mass is 10.2. The molecule has 1 aliphatic heterocycles.